The summed E-state index contributed by atoms with van der Waals surface area (Å²) in [7, 11) is 0. The van der Waals surface area contributed by atoms with Crippen molar-refractivity contribution < 1.29 is 4.79 Å². The Morgan fingerprint density at radius 2 is 2.18 bits per heavy atom. The van der Waals surface area contributed by atoms with Gasteiger partial charge in [-0.25, -0.2) is 4.98 Å². The second-order valence-corrected chi connectivity index (χ2v) is 5.45. The van der Waals surface area contributed by atoms with Crippen molar-refractivity contribution in [1.29, 1.82) is 0 Å². The van der Waals surface area contributed by atoms with Gasteiger partial charge in [-0.1, -0.05) is 22.0 Å². The molecule has 17 heavy (non-hydrogen) atoms. The van der Waals surface area contributed by atoms with Gasteiger partial charge < -0.3 is 5.32 Å². The number of benzene rings is 1. The summed E-state index contributed by atoms with van der Waals surface area (Å²) in [6, 6.07) is 5.80. The maximum Gasteiger partial charge on any atom is 0.267 e. The molecule has 0 radical (unpaired) electrons. The van der Waals surface area contributed by atoms with E-state index < -0.39 is 0 Å². The third-order valence-corrected chi connectivity index (χ3v) is 3.82. The summed E-state index contributed by atoms with van der Waals surface area (Å²) >= 11 is 4.74. The Bertz CT molecular complexity index is 565. The fourth-order valence-corrected chi connectivity index (χ4v) is 2.49. The minimum absolute atomic E-state index is 0.105. The smallest absolute Gasteiger partial charge is 0.267 e. The van der Waals surface area contributed by atoms with E-state index in [-0.39, 0.29) is 5.91 Å². The molecule has 5 heteroatoms. The molecule has 3 nitrogen and oxygen atoms in total. The number of carbonyl (C=O) groups excluding carboxylic acids is 1. The van der Waals surface area contributed by atoms with Crippen LogP contribution in [-0.4, -0.2) is 10.9 Å². The standard InChI is InChI=1S/C12H11BrN2OS/c1-7-3-4-9(13)5-10(7)15-12(16)11-8(2)14-6-17-11/h3-6H,1-2H3,(H,15,16). The second kappa shape index (κ2) is 4.98. The molecule has 88 valence electrons. The van der Waals surface area contributed by atoms with Crippen molar-refractivity contribution in [1.82, 2.24) is 4.98 Å². The number of thiazole rings is 1. The fraction of sp³-hybridized carbons (Fsp3) is 0.167. The van der Waals surface area contributed by atoms with Crippen LogP contribution in [-0.2, 0) is 0 Å². The highest BCUT2D eigenvalue weighted by molar-refractivity contribution is 9.10. The molecule has 1 N–H and O–H groups in total. The molecular weight excluding hydrogens is 300 g/mol. The molecule has 0 aliphatic heterocycles. The molecule has 0 bridgehead atoms. The number of rotatable bonds is 2. The van der Waals surface area contributed by atoms with Gasteiger partial charge in [0.2, 0.25) is 0 Å². The minimum atomic E-state index is -0.105. The molecule has 0 saturated carbocycles. The maximum atomic E-state index is 12.0. The van der Waals surface area contributed by atoms with E-state index in [0.717, 1.165) is 21.4 Å². The van der Waals surface area contributed by atoms with E-state index in [1.54, 1.807) is 5.51 Å². The van der Waals surface area contributed by atoms with E-state index in [1.807, 2.05) is 32.0 Å². The van der Waals surface area contributed by atoms with Crippen LogP contribution in [0.4, 0.5) is 5.69 Å². The minimum Gasteiger partial charge on any atom is -0.321 e. The molecule has 0 aliphatic carbocycles. The van der Waals surface area contributed by atoms with Crippen LogP contribution in [0.2, 0.25) is 0 Å². The van der Waals surface area contributed by atoms with E-state index >= 15 is 0 Å². The van der Waals surface area contributed by atoms with Crippen LogP contribution in [0.25, 0.3) is 0 Å². The van der Waals surface area contributed by atoms with Gasteiger partial charge in [0.25, 0.3) is 5.91 Å². The van der Waals surface area contributed by atoms with E-state index in [9.17, 15) is 4.79 Å². The van der Waals surface area contributed by atoms with Gasteiger partial charge in [-0.2, -0.15) is 0 Å². The molecule has 2 aromatic rings. The van der Waals surface area contributed by atoms with Crippen molar-refractivity contribution in [3.63, 3.8) is 0 Å². The van der Waals surface area contributed by atoms with Crippen LogP contribution in [0, 0.1) is 13.8 Å². The molecule has 0 fully saturated rings. The highest BCUT2D eigenvalue weighted by atomic mass is 79.9. The number of hydrogen-bond donors (Lipinski definition) is 1. The predicted molar refractivity (Wildman–Crippen MR) is 73.7 cm³/mol. The lowest BCUT2D eigenvalue weighted by atomic mass is 10.2. The van der Waals surface area contributed by atoms with Crippen LogP contribution in [0.15, 0.2) is 28.2 Å². The maximum absolute atomic E-state index is 12.0. The molecule has 1 aromatic carbocycles. The van der Waals surface area contributed by atoms with Crippen LogP contribution in [0.1, 0.15) is 20.9 Å². The number of anilines is 1. The highest BCUT2D eigenvalue weighted by Gasteiger charge is 2.12. The normalized spacial score (nSPS) is 10.3. The zero-order valence-electron chi connectivity index (χ0n) is 9.45. The summed E-state index contributed by atoms with van der Waals surface area (Å²) in [5.41, 5.74) is 4.29. The van der Waals surface area contributed by atoms with Gasteiger partial charge in [0, 0.05) is 10.2 Å². The predicted octanol–water partition coefficient (Wildman–Crippen LogP) is 3.77. The fourth-order valence-electron chi connectivity index (χ4n) is 1.43. The Morgan fingerprint density at radius 1 is 1.41 bits per heavy atom. The lowest BCUT2D eigenvalue weighted by Crippen LogP contribution is -2.12. The molecule has 1 amide bonds. The molecule has 0 atom stereocenters. The number of aromatic nitrogens is 1. The molecule has 0 spiro atoms. The lowest BCUT2D eigenvalue weighted by molar-refractivity contribution is 0.102. The van der Waals surface area contributed by atoms with Crippen LogP contribution >= 0.6 is 27.3 Å². The molecular formula is C12H11BrN2OS. The lowest BCUT2D eigenvalue weighted by Gasteiger charge is -2.08. The molecule has 1 heterocycles. The van der Waals surface area contributed by atoms with Gasteiger partial charge >= 0.3 is 0 Å². The summed E-state index contributed by atoms with van der Waals surface area (Å²) in [4.78, 5) is 16.7. The molecule has 0 aliphatic rings. The van der Waals surface area contributed by atoms with Gasteiger partial charge in [0.1, 0.15) is 4.88 Å². The first kappa shape index (κ1) is 12.3. The average molecular weight is 311 g/mol. The monoisotopic (exact) mass is 310 g/mol. The van der Waals surface area contributed by atoms with Crippen molar-refractivity contribution in [2.45, 2.75) is 13.8 Å². The zero-order chi connectivity index (χ0) is 12.4. The Morgan fingerprint density at radius 3 is 2.82 bits per heavy atom. The number of aryl methyl sites for hydroxylation is 2. The highest BCUT2D eigenvalue weighted by Crippen LogP contribution is 2.22. The number of amides is 1. The summed E-state index contributed by atoms with van der Waals surface area (Å²) in [5, 5.41) is 2.90. The first-order valence-corrected chi connectivity index (χ1v) is 6.73. The van der Waals surface area contributed by atoms with Gasteiger partial charge in [0.05, 0.1) is 11.2 Å². The Balaban J connectivity index is 2.24. The number of nitrogens with one attached hydrogen (secondary N) is 1. The zero-order valence-corrected chi connectivity index (χ0v) is 11.9. The van der Waals surface area contributed by atoms with Crippen molar-refractivity contribution in [3.8, 4) is 0 Å². The van der Waals surface area contributed by atoms with Crippen LogP contribution < -0.4 is 5.32 Å². The molecule has 2 rings (SSSR count). The topological polar surface area (TPSA) is 42.0 Å². The van der Waals surface area contributed by atoms with E-state index in [4.69, 9.17) is 0 Å². The van der Waals surface area contributed by atoms with E-state index in [2.05, 4.69) is 26.2 Å². The quantitative estimate of drug-likeness (QED) is 0.917. The van der Waals surface area contributed by atoms with Crippen molar-refractivity contribution in [2.24, 2.45) is 0 Å². The second-order valence-electron chi connectivity index (χ2n) is 3.68. The summed E-state index contributed by atoms with van der Waals surface area (Å²) < 4.78 is 0.944. The average Bonchev–Trinajstić information content (AvgIpc) is 2.70. The van der Waals surface area contributed by atoms with E-state index in [1.165, 1.54) is 11.3 Å². The number of nitrogens with zero attached hydrogens (tertiary/aromatic N) is 1. The van der Waals surface area contributed by atoms with Crippen molar-refractivity contribution in [2.75, 3.05) is 5.32 Å². The van der Waals surface area contributed by atoms with Gasteiger partial charge in [-0.3, -0.25) is 4.79 Å². The Hall–Kier alpha value is -1.20. The number of carbonyl (C=O) groups is 1. The third-order valence-electron chi connectivity index (χ3n) is 2.40. The SMILES string of the molecule is Cc1ccc(Br)cc1NC(=O)c1scnc1C. The van der Waals surface area contributed by atoms with Gasteiger partial charge in [-0.15, -0.1) is 11.3 Å². The number of halogens is 1. The van der Waals surface area contributed by atoms with E-state index in [0.29, 0.717) is 4.88 Å². The molecule has 0 unspecified atom stereocenters. The summed E-state index contributed by atoms with van der Waals surface area (Å²) in [5.74, 6) is -0.105. The van der Waals surface area contributed by atoms with Crippen LogP contribution in [0.5, 0.6) is 0 Å². The van der Waals surface area contributed by atoms with Gasteiger partial charge in [0.15, 0.2) is 0 Å². The van der Waals surface area contributed by atoms with Crippen molar-refractivity contribution in [3.05, 3.63) is 44.3 Å². The summed E-state index contributed by atoms with van der Waals surface area (Å²) in [6.45, 7) is 3.79. The first-order valence-electron chi connectivity index (χ1n) is 5.05. The summed E-state index contributed by atoms with van der Waals surface area (Å²) in [6.07, 6.45) is 0. The Labute approximate surface area is 112 Å². The van der Waals surface area contributed by atoms with Crippen LogP contribution in [0.3, 0.4) is 0 Å². The first-order chi connectivity index (χ1) is 8.08. The van der Waals surface area contributed by atoms with Gasteiger partial charge in [-0.05, 0) is 31.5 Å². The Kier molecular flexibility index (Phi) is 3.59. The third kappa shape index (κ3) is 2.73. The molecule has 0 saturated heterocycles. The number of hydrogen-bond acceptors (Lipinski definition) is 3. The molecule has 1 aromatic heterocycles. The largest absolute Gasteiger partial charge is 0.321 e. The van der Waals surface area contributed by atoms with Crippen molar-refractivity contribution >= 4 is 38.9 Å².